The zero-order valence-corrected chi connectivity index (χ0v) is 14.2. The van der Waals surface area contributed by atoms with Crippen molar-refractivity contribution in [3.63, 3.8) is 0 Å². The van der Waals surface area contributed by atoms with Crippen LogP contribution >= 0.6 is 39.3 Å². The van der Waals surface area contributed by atoms with Crippen LogP contribution in [0.2, 0.25) is 5.02 Å². The van der Waals surface area contributed by atoms with Gasteiger partial charge in [0, 0.05) is 16.0 Å². The molecule has 0 aliphatic carbocycles. The second kappa shape index (κ2) is 8.03. The van der Waals surface area contributed by atoms with Gasteiger partial charge in [0.25, 0.3) is 5.91 Å². The molecule has 1 aromatic heterocycles. The molecule has 2 rings (SSSR count). The van der Waals surface area contributed by atoms with Gasteiger partial charge in [0.2, 0.25) is 0 Å². The first-order valence-corrected chi connectivity index (χ1v) is 7.99. The number of nitriles is 1. The minimum atomic E-state index is -0.472. The normalized spacial score (nSPS) is 10.6. The number of benzene rings is 1. The van der Waals surface area contributed by atoms with E-state index < -0.39 is 5.91 Å². The Morgan fingerprint density at radius 1 is 1.50 bits per heavy atom. The van der Waals surface area contributed by atoms with Crippen LogP contribution < -0.4 is 5.43 Å². The van der Waals surface area contributed by atoms with Crippen LogP contribution in [0.5, 0.6) is 0 Å². The Morgan fingerprint density at radius 3 is 2.91 bits per heavy atom. The van der Waals surface area contributed by atoms with Crippen molar-refractivity contribution in [3.05, 3.63) is 45.6 Å². The van der Waals surface area contributed by atoms with Crippen LogP contribution in [0.3, 0.4) is 0 Å². The molecule has 112 valence electrons. The lowest BCUT2D eigenvalue weighted by Gasteiger charge is -1.98. The minimum Gasteiger partial charge on any atom is -0.447 e. The summed E-state index contributed by atoms with van der Waals surface area (Å²) < 4.78 is 6.38. The molecule has 0 aliphatic rings. The van der Waals surface area contributed by atoms with E-state index in [-0.39, 0.29) is 6.42 Å². The van der Waals surface area contributed by atoms with Crippen LogP contribution in [0.1, 0.15) is 12.2 Å². The SMILES string of the molecule is N#CCC(=O)N/N=C/c1cc(Br)c(Sc2ccc(Cl)cc2)o1. The van der Waals surface area contributed by atoms with Gasteiger partial charge >= 0.3 is 0 Å². The molecule has 2 aromatic rings. The molecule has 1 amide bonds. The zero-order chi connectivity index (χ0) is 15.9. The molecule has 0 radical (unpaired) electrons. The Labute approximate surface area is 144 Å². The van der Waals surface area contributed by atoms with Gasteiger partial charge in [0.15, 0.2) is 5.09 Å². The van der Waals surface area contributed by atoms with Crippen molar-refractivity contribution in [2.75, 3.05) is 0 Å². The lowest BCUT2D eigenvalue weighted by Crippen LogP contribution is -2.15. The molecule has 1 heterocycles. The highest BCUT2D eigenvalue weighted by molar-refractivity contribution is 9.10. The predicted molar refractivity (Wildman–Crippen MR) is 87.9 cm³/mol. The van der Waals surface area contributed by atoms with Crippen molar-refractivity contribution in [2.45, 2.75) is 16.4 Å². The van der Waals surface area contributed by atoms with Crippen molar-refractivity contribution in [2.24, 2.45) is 5.10 Å². The van der Waals surface area contributed by atoms with Crippen LogP contribution in [-0.2, 0) is 4.79 Å². The average molecular weight is 399 g/mol. The van der Waals surface area contributed by atoms with E-state index in [2.05, 4.69) is 26.5 Å². The smallest absolute Gasteiger partial charge is 0.254 e. The van der Waals surface area contributed by atoms with Crippen LogP contribution in [0.15, 0.2) is 54.3 Å². The summed E-state index contributed by atoms with van der Waals surface area (Å²) in [7, 11) is 0. The Balaban J connectivity index is 2.02. The van der Waals surface area contributed by atoms with Crippen molar-refractivity contribution in [1.82, 2.24) is 5.43 Å². The van der Waals surface area contributed by atoms with E-state index >= 15 is 0 Å². The van der Waals surface area contributed by atoms with Gasteiger partial charge in [-0.05, 0) is 40.2 Å². The summed E-state index contributed by atoms with van der Waals surface area (Å²) in [6, 6.07) is 10.8. The number of rotatable bonds is 5. The molecule has 1 N–H and O–H groups in total. The summed E-state index contributed by atoms with van der Waals surface area (Å²) in [5.41, 5.74) is 2.23. The number of hydrogen-bond donors (Lipinski definition) is 1. The van der Waals surface area contributed by atoms with Crippen LogP contribution in [0.4, 0.5) is 0 Å². The Kier molecular flexibility index (Phi) is 6.07. The zero-order valence-electron chi connectivity index (χ0n) is 11.0. The molecular formula is C14H9BrClN3O2S. The van der Waals surface area contributed by atoms with E-state index in [4.69, 9.17) is 21.3 Å². The molecule has 0 unspecified atom stereocenters. The van der Waals surface area contributed by atoms with Crippen molar-refractivity contribution < 1.29 is 9.21 Å². The number of nitrogens with one attached hydrogen (secondary N) is 1. The Hall–Kier alpha value is -1.75. The van der Waals surface area contributed by atoms with Gasteiger partial charge in [0.05, 0.1) is 16.8 Å². The maximum Gasteiger partial charge on any atom is 0.254 e. The first-order valence-electron chi connectivity index (χ1n) is 6.00. The summed E-state index contributed by atoms with van der Waals surface area (Å²) in [4.78, 5) is 12.0. The van der Waals surface area contributed by atoms with Crippen molar-refractivity contribution in [1.29, 1.82) is 5.26 Å². The fourth-order valence-electron chi connectivity index (χ4n) is 1.39. The van der Waals surface area contributed by atoms with Crippen molar-refractivity contribution >= 4 is 51.4 Å². The molecule has 8 heteroatoms. The number of hydrogen-bond acceptors (Lipinski definition) is 5. The van der Waals surface area contributed by atoms with E-state index in [0.29, 0.717) is 15.9 Å². The van der Waals surface area contributed by atoms with Gasteiger partial charge in [-0.25, -0.2) is 5.43 Å². The highest BCUT2D eigenvalue weighted by Crippen LogP contribution is 2.35. The second-order valence-corrected chi connectivity index (χ2v) is 6.31. The molecule has 0 aliphatic heterocycles. The number of carbonyl (C=O) groups is 1. The van der Waals surface area contributed by atoms with Gasteiger partial charge in [-0.15, -0.1) is 0 Å². The maximum absolute atomic E-state index is 11.1. The summed E-state index contributed by atoms with van der Waals surface area (Å²) in [5.74, 6) is 0.000677. The van der Waals surface area contributed by atoms with Gasteiger partial charge in [-0.1, -0.05) is 23.4 Å². The number of furan rings is 1. The molecule has 0 saturated heterocycles. The fourth-order valence-corrected chi connectivity index (χ4v) is 2.85. The second-order valence-electron chi connectivity index (χ2n) is 3.97. The predicted octanol–water partition coefficient (Wildman–Crippen LogP) is 4.21. The third-order valence-corrected chi connectivity index (χ3v) is 4.42. The molecule has 0 spiro atoms. The molecule has 0 bridgehead atoms. The van der Waals surface area contributed by atoms with Crippen LogP contribution in [0.25, 0.3) is 0 Å². The standard InChI is InChI=1S/C14H9BrClN3O2S/c15-12-7-10(8-18-19-13(20)5-6-17)21-14(12)22-11-3-1-9(16)2-4-11/h1-4,7-8H,5H2,(H,19,20)/b18-8+. The van der Waals surface area contributed by atoms with E-state index in [1.807, 2.05) is 12.1 Å². The van der Waals surface area contributed by atoms with Crippen molar-refractivity contribution in [3.8, 4) is 6.07 Å². The Morgan fingerprint density at radius 2 is 2.23 bits per heavy atom. The van der Waals surface area contributed by atoms with Crippen LogP contribution in [0, 0.1) is 11.3 Å². The first kappa shape index (κ1) is 16.6. The molecule has 22 heavy (non-hydrogen) atoms. The van der Waals surface area contributed by atoms with Gasteiger partial charge in [0.1, 0.15) is 12.2 Å². The number of nitrogens with zero attached hydrogens (tertiary/aromatic N) is 2. The van der Waals surface area contributed by atoms with Gasteiger partial charge in [-0.2, -0.15) is 10.4 Å². The molecule has 0 fully saturated rings. The molecular weight excluding hydrogens is 390 g/mol. The van der Waals surface area contributed by atoms with Crippen LogP contribution in [-0.4, -0.2) is 12.1 Å². The monoisotopic (exact) mass is 397 g/mol. The summed E-state index contributed by atoms with van der Waals surface area (Å²) >= 11 is 10.7. The molecule has 5 nitrogen and oxygen atoms in total. The largest absolute Gasteiger partial charge is 0.447 e. The number of halogens is 2. The highest BCUT2D eigenvalue weighted by atomic mass is 79.9. The first-order chi connectivity index (χ1) is 10.6. The highest BCUT2D eigenvalue weighted by Gasteiger charge is 2.10. The van der Waals surface area contributed by atoms with E-state index in [1.54, 1.807) is 24.3 Å². The Bertz CT molecular complexity index is 738. The topological polar surface area (TPSA) is 78.4 Å². The summed E-state index contributed by atoms with van der Waals surface area (Å²) in [5, 5.41) is 13.4. The molecule has 1 aromatic carbocycles. The number of amides is 1. The van der Waals surface area contributed by atoms with E-state index in [1.165, 1.54) is 18.0 Å². The summed E-state index contributed by atoms with van der Waals surface area (Å²) in [6.45, 7) is 0. The maximum atomic E-state index is 11.1. The number of hydrazone groups is 1. The number of carbonyl (C=O) groups excluding carboxylic acids is 1. The van der Waals surface area contributed by atoms with E-state index in [0.717, 1.165) is 9.37 Å². The lowest BCUT2D eigenvalue weighted by atomic mass is 10.4. The minimum absolute atomic E-state index is 0.239. The quantitative estimate of drug-likeness (QED) is 0.604. The molecule has 0 atom stereocenters. The third kappa shape index (κ3) is 4.91. The lowest BCUT2D eigenvalue weighted by molar-refractivity contribution is -0.120. The van der Waals surface area contributed by atoms with Gasteiger partial charge in [-0.3, -0.25) is 4.79 Å². The third-order valence-electron chi connectivity index (χ3n) is 2.32. The van der Waals surface area contributed by atoms with Gasteiger partial charge < -0.3 is 4.42 Å². The summed E-state index contributed by atoms with van der Waals surface area (Å²) in [6.07, 6.45) is 1.13. The average Bonchev–Trinajstić information content (AvgIpc) is 2.82. The molecule has 0 saturated carbocycles. The van der Waals surface area contributed by atoms with E-state index in [9.17, 15) is 4.79 Å². The fraction of sp³-hybridized carbons (Fsp3) is 0.0714.